The van der Waals surface area contributed by atoms with Crippen LogP contribution in [0.25, 0.3) is 10.2 Å². The van der Waals surface area contributed by atoms with Gasteiger partial charge in [-0.25, -0.2) is 9.97 Å². The van der Waals surface area contributed by atoms with Crippen molar-refractivity contribution in [3.63, 3.8) is 0 Å². The number of carbonyl (C=O) groups is 1. The largest absolute Gasteiger partial charge is 0.454 e. The Morgan fingerprint density at radius 1 is 1.15 bits per heavy atom. The molecule has 2 aromatic heterocycles. The number of carbonyl (C=O) groups excluding carboxylic acids is 1. The Hall–Kier alpha value is -2.36. The summed E-state index contributed by atoms with van der Waals surface area (Å²) in [5.74, 6) is 2.56. The predicted octanol–water partition coefficient (Wildman–Crippen LogP) is 4.12. The lowest BCUT2D eigenvalue weighted by Crippen LogP contribution is -2.50. The summed E-state index contributed by atoms with van der Waals surface area (Å²) in [6.07, 6.45) is 0.981. The number of rotatable bonds is 6. The maximum absolute atomic E-state index is 13.2. The van der Waals surface area contributed by atoms with Gasteiger partial charge in [-0.3, -0.25) is 9.69 Å². The fourth-order valence-corrected chi connectivity index (χ4v) is 6.34. The van der Waals surface area contributed by atoms with Crippen molar-refractivity contribution in [1.29, 1.82) is 0 Å². The summed E-state index contributed by atoms with van der Waals surface area (Å²) < 4.78 is 10.9. The highest BCUT2D eigenvalue weighted by Crippen LogP contribution is 2.35. The van der Waals surface area contributed by atoms with Crippen LogP contribution in [-0.4, -0.2) is 63.9 Å². The Labute approximate surface area is 202 Å². The first-order chi connectivity index (χ1) is 16.0. The lowest BCUT2D eigenvalue weighted by molar-refractivity contribution is -0.132. The molecule has 0 spiro atoms. The standard InChI is InChI=1S/C24H28N4O3S2/c1-4-18-12-19-22(25-16(3)26-23(19)33-18)32-15(2)24(29)28-9-7-27(8-10-28)13-17-5-6-20-21(11-17)31-14-30-20/h5-6,11-12,15H,4,7-10,13-14H2,1-3H3. The van der Waals surface area contributed by atoms with E-state index in [1.54, 1.807) is 23.1 Å². The third-order valence-electron chi connectivity index (χ3n) is 6.03. The quantitative estimate of drug-likeness (QED) is 0.385. The molecule has 1 saturated heterocycles. The van der Waals surface area contributed by atoms with E-state index in [2.05, 4.69) is 40.0 Å². The van der Waals surface area contributed by atoms with Gasteiger partial charge in [-0.05, 0) is 44.0 Å². The van der Waals surface area contributed by atoms with Crippen LogP contribution < -0.4 is 9.47 Å². The van der Waals surface area contributed by atoms with Crippen LogP contribution in [0, 0.1) is 6.92 Å². The zero-order valence-corrected chi connectivity index (χ0v) is 20.8. The summed E-state index contributed by atoms with van der Waals surface area (Å²) in [5, 5.41) is 1.80. The van der Waals surface area contributed by atoms with Gasteiger partial charge in [-0.15, -0.1) is 11.3 Å². The number of thioether (sulfide) groups is 1. The molecule has 1 atom stereocenters. The van der Waals surface area contributed by atoms with E-state index < -0.39 is 0 Å². The van der Waals surface area contributed by atoms with Gasteiger partial charge >= 0.3 is 0 Å². The SMILES string of the molecule is CCc1cc2c(SC(C)C(=O)N3CCN(Cc4ccc5c(c4)OCO5)CC3)nc(C)nc2s1. The number of hydrogen-bond donors (Lipinski definition) is 0. The first-order valence-electron chi connectivity index (χ1n) is 11.3. The first-order valence-corrected chi connectivity index (χ1v) is 13.0. The molecule has 5 rings (SSSR count). The molecule has 3 aromatic rings. The number of nitrogens with zero attached hydrogens (tertiary/aromatic N) is 4. The molecule has 1 fully saturated rings. The van der Waals surface area contributed by atoms with E-state index in [1.165, 1.54) is 10.4 Å². The molecule has 7 nitrogen and oxygen atoms in total. The number of benzene rings is 1. The zero-order chi connectivity index (χ0) is 22.9. The maximum Gasteiger partial charge on any atom is 0.235 e. The van der Waals surface area contributed by atoms with Crippen molar-refractivity contribution in [2.75, 3.05) is 33.0 Å². The lowest BCUT2D eigenvalue weighted by atomic mass is 10.1. The van der Waals surface area contributed by atoms with Crippen molar-refractivity contribution >= 4 is 39.2 Å². The van der Waals surface area contributed by atoms with Crippen LogP contribution >= 0.6 is 23.1 Å². The van der Waals surface area contributed by atoms with Crippen LogP contribution in [-0.2, 0) is 17.8 Å². The number of thiophene rings is 1. The highest BCUT2D eigenvalue weighted by molar-refractivity contribution is 8.00. The smallest absolute Gasteiger partial charge is 0.235 e. The molecule has 4 heterocycles. The highest BCUT2D eigenvalue weighted by atomic mass is 32.2. The molecule has 9 heteroatoms. The monoisotopic (exact) mass is 484 g/mol. The molecule has 2 aliphatic heterocycles. The third-order valence-corrected chi connectivity index (χ3v) is 8.30. The Kier molecular flexibility index (Phi) is 6.44. The van der Waals surface area contributed by atoms with Crippen molar-refractivity contribution in [1.82, 2.24) is 19.8 Å². The molecule has 174 valence electrons. The molecule has 0 saturated carbocycles. The summed E-state index contributed by atoms with van der Waals surface area (Å²) in [6.45, 7) is 10.4. The van der Waals surface area contributed by atoms with Gasteiger partial charge in [0.2, 0.25) is 12.7 Å². The first kappa shape index (κ1) is 22.4. The summed E-state index contributed by atoms with van der Waals surface area (Å²) in [7, 11) is 0. The van der Waals surface area contributed by atoms with E-state index in [0.29, 0.717) is 6.79 Å². The highest BCUT2D eigenvalue weighted by Gasteiger charge is 2.27. The Morgan fingerprint density at radius 2 is 1.94 bits per heavy atom. The van der Waals surface area contributed by atoms with Crippen LogP contribution in [0.2, 0.25) is 0 Å². The van der Waals surface area contributed by atoms with Gasteiger partial charge < -0.3 is 14.4 Å². The Bertz CT molecular complexity index is 1170. The zero-order valence-electron chi connectivity index (χ0n) is 19.2. The number of aryl methyl sites for hydroxylation is 2. The number of ether oxygens (including phenoxy) is 2. The summed E-state index contributed by atoms with van der Waals surface area (Å²) in [5.41, 5.74) is 1.20. The van der Waals surface area contributed by atoms with Gasteiger partial charge in [-0.1, -0.05) is 24.8 Å². The normalized spacial score (nSPS) is 17.0. The Balaban J connectivity index is 1.19. The number of hydrogen-bond acceptors (Lipinski definition) is 8. The number of piperazine rings is 1. The number of fused-ring (bicyclic) bond motifs is 2. The minimum absolute atomic E-state index is 0.179. The van der Waals surface area contributed by atoms with E-state index in [-0.39, 0.29) is 11.2 Å². The summed E-state index contributed by atoms with van der Waals surface area (Å²) in [6, 6.07) is 8.28. The molecule has 1 unspecified atom stereocenters. The van der Waals surface area contributed by atoms with Gasteiger partial charge in [0.05, 0.1) is 5.25 Å². The fourth-order valence-electron chi connectivity index (χ4n) is 4.21. The minimum atomic E-state index is -0.187. The van der Waals surface area contributed by atoms with E-state index in [1.807, 2.05) is 24.8 Å². The van der Waals surface area contributed by atoms with Crippen molar-refractivity contribution < 1.29 is 14.3 Å². The molecule has 33 heavy (non-hydrogen) atoms. The van der Waals surface area contributed by atoms with Crippen molar-refractivity contribution in [2.45, 2.75) is 44.0 Å². The number of amides is 1. The second-order valence-corrected chi connectivity index (χ2v) is 10.9. The van der Waals surface area contributed by atoms with Crippen molar-refractivity contribution in [3.05, 3.63) is 40.5 Å². The van der Waals surface area contributed by atoms with Crippen LogP contribution in [0.1, 0.15) is 30.1 Å². The molecule has 0 N–H and O–H groups in total. The van der Waals surface area contributed by atoms with E-state index in [4.69, 9.17) is 9.47 Å². The Morgan fingerprint density at radius 3 is 2.73 bits per heavy atom. The van der Waals surface area contributed by atoms with Crippen LogP contribution in [0.15, 0.2) is 29.3 Å². The van der Waals surface area contributed by atoms with Crippen LogP contribution in [0.3, 0.4) is 0 Å². The van der Waals surface area contributed by atoms with Gasteiger partial charge in [0.1, 0.15) is 15.7 Å². The molecule has 1 amide bonds. The topological polar surface area (TPSA) is 67.8 Å². The van der Waals surface area contributed by atoms with Gasteiger partial charge in [0.15, 0.2) is 11.5 Å². The maximum atomic E-state index is 13.2. The van der Waals surface area contributed by atoms with Crippen LogP contribution in [0.4, 0.5) is 0 Å². The second-order valence-electron chi connectivity index (χ2n) is 8.41. The van der Waals surface area contributed by atoms with E-state index in [9.17, 15) is 4.79 Å². The second kappa shape index (κ2) is 9.48. The van der Waals surface area contributed by atoms with Gasteiger partial charge in [0.25, 0.3) is 0 Å². The van der Waals surface area contributed by atoms with E-state index in [0.717, 1.165) is 71.7 Å². The lowest BCUT2D eigenvalue weighted by Gasteiger charge is -2.35. The minimum Gasteiger partial charge on any atom is -0.454 e. The molecule has 0 radical (unpaired) electrons. The number of aromatic nitrogens is 2. The van der Waals surface area contributed by atoms with E-state index >= 15 is 0 Å². The molecular formula is C24H28N4O3S2. The van der Waals surface area contributed by atoms with Crippen molar-refractivity contribution in [2.24, 2.45) is 0 Å². The fraction of sp³-hybridized carbons (Fsp3) is 0.458. The van der Waals surface area contributed by atoms with Gasteiger partial charge in [0, 0.05) is 43.0 Å². The van der Waals surface area contributed by atoms with Crippen LogP contribution in [0.5, 0.6) is 11.5 Å². The average Bonchev–Trinajstić information content (AvgIpc) is 3.45. The van der Waals surface area contributed by atoms with Gasteiger partial charge in [-0.2, -0.15) is 0 Å². The summed E-state index contributed by atoms with van der Waals surface area (Å²) in [4.78, 5) is 29.1. The third kappa shape index (κ3) is 4.81. The van der Waals surface area contributed by atoms with Crippen molar-refractivity contribution in [3.8, 4) is 11.5 Å². The average molecular weight is 485 g/mol. The molecular weight excluding hydrogens is 456 g/mol. The molecule has 2 aliphatic rings. The molecule has 0 aliphatic carbocycles. The summed E-state index contributed by atoms with van der Waals surface area (Å²) >= 11 is 3.27. The molecule has 0 bridgehead atoms. The predicted molar refractivity (Wildman–Crippen MR) is 131 cm³/mol. The molecule has 1 aromatic carbocycles.